The van der Waals surface area contributed by atoms with Gasteiger partial charge in [-0.1, -0.05) is 99.6 Å². The molecule has 0 aliphatic rings. The minimum absolute atomic E-state index is 0.00513. The number of halogens is 3. The molecule has 0 aromatic heterocycles. The lowest BCUT2D eigenvalue weighted by atomic mass is 10.1. The zero-order valence-corrected chi connectivity index (χ0v) is 29.1. The van der Waals surface area contributed by atoms with Gasteiger partial charge in [0.25, 0.3) is 8.32 Å². The van der Waals surface area contributed by atoms with Gasteiger partial charge in [-0.25, -0.2) is 4.79 Å². The molecule has 7 nitrogen and oxygen atoms in total. The van der Waals surface area contributed by atoms with E-state index in [1.54, 1.807) is 18.2 Å². The molecule has 11 heteroatoms. The van der Waals surface area contributed by atoms with Crippen molar-refractivity contribution < 1.29 is 41.3 Å². The highest BCUT2D eigenvalue weighted by Gasteiger charge is 2.50. The first-order valence-corrected chi connectivity index (χ1v) is 18.1. The van der Waals surface area contributed by atoms with Crippen molar-refractivity contribution >= 4 is 36.0 Å². The number of hydrogen-bond donors (Lipinski definition) is 1. The standard InChI is InChI=1S/C38H44F3NO6Si/c1-37(2,3)49(32-15-6-4-7-16-32,33-17-8-5-9-18-33)48-28-26-46-24-22-44-21-23-45-25-27-47-36(43)34-19-10-11-20-35(34)42-31-14-12-13-30(29-31)38(39,40)41/h4-20,29,42H,21-28H2,1-3H3. The van der Waals surface area contributed by atoms with Crippen LogP contribution >= 0.6 is 0 Å². The first kappa shape index (κ1) is 37.8. The molecule has 0 spiro atoms. The molecule has 0 unspecified atom stereocenters. The molecule has 0 aliphatic heterocycles. The molecule has 4 rings (SSSR count). The fraction of sp³-hybridized carbons (Fsp3) is 0.342. The molecule has 0 heterocycles. The summed E-state index contributed by atoms with van der Waals surface area (Å²) in [7, 11) is -2.60. The Morgan fingerprint density at radius 3 is 1.69 bits per heavy atom. The third-order valence-electron chi connectivity index (χ3n) is 7.78. The van der Waals surface area contributed by atoms with E-state index in [9.17, 15) is 18.0 Å². The van der Waals surface area contributed by atoms with Gasteiger partial charge in [-0.2, -0.15) is 13.2 Å². The van der Waals surface area contributed by atoms with Crippen LogP contribution in [0.1, 0.15) is 36.7 Å². The summed E-state index contributed by atoms with van der Waals surface area (Å²) in [5.41, 5.74) is -0.0615. The van der Waals surface area contributed by atoms with E-state index in [0.717, 1.165) is 12.1 Å². The van der Waals surface area contributed by atoms with E-state index in [-0.39, 0.29) is 29.5 Å². The molecule has 0 fully saturated rings. The molecule has 0 radical (unpaired) electrons. The van der Waals surface area contributed by atoms with E-state index in [2.05, 4.69) is 74.6 Å². The molecule has 0 atom stereocenters. The lowest BCUT2D eigenvalue weighted by molar-refractivity contribution is -0.137. The highest BCUT2D eigenvalue weighted by Crippen LogP contribution is 2.36. The predicted octanol–water partition coefficient (Wildman–Crippen LogP) is 7.23. The molecule has 0 saturated carbocycles. The summed E-state index contributed by atoms with van der Waals surface area (Å²) in [6, 6.07) is 32.2. The first-order chi connectivity index (χ1) is 23.5. The Bertz CT molecular complexity index is 1540. The van der Waals surface area contributed by atoms with Crippen molar-refractivity contribution in [3.8, 4) is 0 Å². The Labute approximate surface area is 287 Å². The molecule has 1 N–H and O–H groups in total. The van der Waals surface area contributed by atoms with Crippen LogP contribution < -0.4 is 15.7 Å². The van der Waals surface area contributed by atoms with E-state index in [1.165, 1.54) is 28.6 Å². The molecular formula is C38H44F3NO6Si. The Kier molecular flexibility index (Phi) is 14.0. The number of carbonyl (C=O) groups excluding carboxylic acids is 1. The van der Waals surface area contributed by atoms with Crippen LogP contribution in [0.4, 0.5) is 24.5 Å². The van der Waals surface area contributed by atoms with Crippen molar-refractivity contribution in [2.24, 2.45) is 0 Å². The summed E-state index contributed by atoms with van der Waals surface area (Å²) in [6.45, 7) is 9.25. The van der Waals surface area contributed by atoms with Crippen LogP contribution in [0, 0.1) is 0 Å². The van der Waals surface area contributed by atoms with Crippen LogP contribution in [-0.2, 0) is 29.5 Å². The monoisotopic (exact) mass is 695 g/mol. The second-order valence-corrected chi connectivity index (χ2v) is 16.5. The van der Waals surface area contributed by atoms with E-state index >= 15 is 0 Å². The van der Waals surface area contributed by atoms with Crippen LogP contribution in [0.25, 0.3) is 0 Å². The molecule has 0 amide bonds. The summed E-state index contributed by atoms with van der Waals surface area (Å²) in [6.07, 6.45) is -4.47. The van der Waals surface area contributed by atoms with Crippen LogP contribution in [0.15, 0.2) is 109 Å². The van der Waals surface area contributed by atoms with Gasteiger partial charge in [0.1, 0.15) is 6.61 Å². The molecule has 4 aromatic carbocycles. The number of anilines is 2. The number of benzene rings is 4. The maximum Gasteiger partial charge on any atom is 0.416 e. The van der Waals surface area contributed by atoms with E-state index in [0.29, 0.717) is 45.3 Å². The highest BCUT2D eigenvalue weighted by atomic mass is 28.4. The number of nitrogens with one attached hydrogen (secondary N) is 1. The van der Waals surface area contributed by atoms with E-state index in [4.69, 9.17) is 23.4 Å². The van der Waals surface area contributed by atoms with E-state index < -0.39 is 26.0 Å². The van der Waals surface area contributed by atoms with Gasteiger partial charge >= 0.3 is 12.1 Å². The number of esters is 1. The minimum atomic E-state index is -4.47. The zero-order valence-electron chi connectivity index (χ0n) is 28.1. The number of alkyl halides is 3. The third-order valence-corrected chi connectivity index (χ3v) is 12.8. The van der Waals surface area contributed by atoms with E-state index in [1.807, 2.05) is 12.1 Å². The van der Waals surface area contributed by atoms with Crippen molar-refractivity contribution in [3.05, 3.63) is 120 Å². The number of rotatable bonds is 18. The smallest absolute Gasteiger partial charge is 0.416 e. The number of ether oxygens (including phenoxy) is 4. The molecule has 262 valence electrons. The molecular weight excluding hydrogens is 651 g/mol. The summed E-state index contributed by atoms with van der Waals surface area (Å²) < 4.78 is 68.3. The molecule has 49 heavy (non-hydrogen) atoms. The van der Waals surface area contributed by atoms with Crippen LogP contribution in [0.3, 0.4) is 0 Å². The average Bonchev–Trinajstić information content (AvgIpc) is 3.08. The van der Waals surface area contributed by atoms with Gasteiger partial charge in [0.2, 0.25) is 0 Å². The quantitative estimate of drug-likeness (QED) is 0.0669. The van der Waals surface area contributed by atoms with Gasteiger partial charge in [0, 0.05) is 5.69 Å². The average molecular weight is 696 g/mol. The summed E-state index contributed by atoms with van der Waals surface area (Å²) >= 11 is 0. The fourth-order valence-electron chi connectivity index (χ4n) is 5.53. The first-order valence-electron chi connectivity index (χ1n) is 16.2. The fourth-order valence-corrected chi connectivity index (χ4v) is 10.1. The topological polar surface area (TPSA) is 75.2 Å². The van der Waals surface area contributed by atoms with Crippen LogP contribution in [-0.4, -0.2) is 67.1 Å². The van der Waals surface area contributed by atoms with Crippen molar-refractivity contribution in [2.45, 2.75) is 32.0 Å². The normalized spacial score (nSPS) is 12.1. The lowest BCUT2D eigenvalue weighted by Crippen LogP contribution is -2.66. The van der Waals surface area contributed by atoms with Gasteiger partial charge in [-0.15, -0.1) is 0 Å². The van der Waals surface area contributed by atoms with Crippen molar-refractivity contribution in [1.82, 2.24) is 0 Å². The lowest BCUT2D eigenvalue weighted by Gasteiger charge is -2.43. The van der Waals surface area contributed by atoms with Crippen LogP contribution in [0.5, 0.6) is 0 Å². The maximum absolute atomic E-state index is 13.1. The highest BCUT2D eigenvalue weighted by molar-refractivity contribution is 6.99. The van der Waals surface area contributed by atoms with Gasteiger partial charge in [-0.05, 0) is 45.7 Å². The summed E-state index contributed by atoms with van der Waals surface area (Å²) in [5, 5.41) is 5.22. The van der Waals surface area contributed by atoms with Crippen molar-refractivity contribution in [3.63, 3.8) is 0 Å². The van der Waals surface area contributed by atoms with Gasteiger partial charge in [0.15, 0.2) is 0 Å². The summed E-state index contributed by atoms with van der Waals surface area (Å²) in [5.74, 6) is -0.619. The number of hydrogen-bond acceptors (Lipinski definition) is 7. The third kappa shape index (κ3) is 10.7. The Balaban J connectivity index is 1.11. The van der Waals surface area contributed by atoms with Gasteiger partial charge < -0.3 is 28.7 Å². The second-order valence-electron chi connectivity index (χ2n) is 12.2. The Morgan fingerprint density at radius 2 is 1.14 bits per heavy atom. The predicted molar refractivity (Wildman–Crippen MR) is 187 cm³/mol. The van der Waals surface area contributed by atoms with Crippen LogP contribution in [0.2, 0.25) is 5.04 Å². The maximum atomic E-state index is 13.1. The van der Waals surface area contributed by atoms with Crippen molar-refractivity contribution in [1.29, 1.82) is 0 Å². The number of para-hydroxylation sites is 1. The van der Waals surface area contributed by atoms with Gasteiger partial charge in [-0.3, -0.25) is 0 Å². The SMILES string of the molecule is CC(C)(C)[Si](OCCOCCOCCOCCOC(=O)c1ccccc1Nc1cccc(C(F)(F)F)c1)(c1ccccc1)c1ccccc1. The Morgan fingerprint density at radius 1 is 0.633 bits per heavy atom. The summed E-state index contributed by atoms with van der Waals surface area (Å²) in [4.78, 5) is 12.7. The molecule has 0 aliphatic carbocycles. The minimum Gasteiger partial charge on any atom is -0.460 e. The van der Waals surface area contributed by atoms with Gasteiger partial charge in [0.05, 0.1) is 63.1 Å². The second kappa shape index (κ2) is 18.1. The zero-order chi connectivity index (χ0) is 35.2. The molecule has 4 aromatic rings. The van der Waals surface area contributed by atoms with Crippen molar-refractivity contribution in [2.75, 3.05) is 58.2 Å². The molecule has 0 saturated heterocycles. The largest absolute Gasteiger partial charge is 0.460 e. The Hall–Kier alpha value is -4.00. The molecule has 0 bridgehead atoms. The number of carbonyl (C=O) groups is 1.